The molecular formula is C31H24N2. The topological polar surface area (TPSA) is 24.1 Å². The van der Waals surface area contributed by atoms with Crippen molar-refractivity contribution >= 4 is 22.7 Å². The Balaban J connectivity index is 1.45. The van der Waals surface area contributed by atoms with Crippen LogP contribution in [0.3, 0.4) is 0 Å². The smallest absolute Gasteiger partial charge is 0.0411 e. The molecule has 0 aliphatic heterocycles. The molecular weight excluding hydrogens is 400 g/mol. The van der Waals surface area contributed by atoms with Gasteiger partial charge in [0.25, 0.3) is 0 Å². The molecule has 2 nitrogen and oxygen atoms in total. The van der Waals surface area contributed by atoms with E-state index < -0.39 is 0 Å². The maximum Gasteiger partial charge on any atom is 0.0411 e. The highest BCUT2D eigenvalue weighted by Gasteiger charge is 2.21. The predicted molar refractivity (Wildman–Crippen MR) is 140 cm³/mol. The van der Waals surface area contributed by atoms with Gasteiger partial charge in [0, 0.05) is 22.7 Å². The molecule has 0 bridgehead atoms. The fourth-order valence-electron chi connectivity index (χ4n) is 4.73. The van der Waals surface area contributed by atoms with Crippen molar-refractivity contribution in [2.24, 2.45) is 0 Å². The van der Waals surface area contributed by atoms with E-state index in [2.05, 4.69) is 120 Å². The molecule has 0 fully saturated rings. The third-order valence-corrected chi connectivity index (χ3v) is 6.22. The van der Waals surface area contributed by atoms with Crippen molar-refractivity contribution in [3.05, 3.63) is 132 Å². The zero-order valence-corrected chi connectivity index (χ0v) is 18.3. The largest absolute Gasteiger partial charge is 0.355 e. The first-order chi connectivity index (χ1) is 16.3. The van der Waals surface area contributed by atoms with Gasteiger partial charge in [0.15, 0.2) is 0 Å². The van der Waals surface area contributed by atoms with Gasteiger partial charge in [0.05, 0.1) is 0 Å². The fourth-order valence-corrected chi connectivity index (χ4v) is 4.73. The molecule has 5 aromatic carbocycles. The van der Waals surface area contributed by atoms with Gasteiger partial charge in [-0.3, -0.25) is 0 Å². The Kier molecular flexibility index (Phi) is 4.89. The minimum Gasteiger partial charge on any atom is -0.355 e. The van der Waals surface area contributed by atoms with E-state index in [0.717, 1.165) is 29.2 Å². The van der Waals surface area contributed by atoms with E-state index in [-0.39, 0.29) is 0 Å². The number of fused-ring (bicyclic) bond motifs is 3. The fraction of sp³-hybridized carbons (Fsp3) is 0.0323. The van der Waals surface area contributed by atoms with Crippen molar-refractivity contribution < 1.29 is 0 Å². The quantitative estimate of drug-likeness (QED) is 0.290. The van der Waals surface area contributed by atoms with Crippen LogP contribution in [0.4, 0.5) is 22.7 Å². The van der Waals surface area contributed by atoms with Gasteiger partial charge < -0.3 is 10.6 Å². The highest BCUT2D eigenvalue weighted by molar-refractivity contribution is 5.87. The van der Waals surface area contributed by atoms with Gasteiger partial charge in [-0.25, -0.2) is 0 Å². The normalized spacial score (nSPS) is 11.5. The van der Waals surface area contributed by atoms with Crippen molar-refractivity contribution in [1.82, 2.24) is 0 Å². The number of hydrogen-bond acceptors (Lipinski definition) is 2. The molecule has 0 amide bonds. The number of benzene rings is 5. The number of para-hydroxylation sites is 2. The summed E-state index contributed by atoms with van der Waals surface area (Å²) >= 11 is 0. The summed E-state index contributed by atoms with van der Waals surface area (Å²) in [6, 6.07) is 42.7. The lowest BCUT2D eigenvalue weighted by molar-refractivity contribution is 1.26. The Bertz CT molecular complexity index is 1360. The molecule has 158 valence electrons. The van der Waals surface area contributed by atoms with Gasteiger partial charge >= 0.3 is 0 Å². The zero-order valence-electron chi connectivity index (χ0n) is 18.3. The second kappa shape index (κ2) is 8.33. The molecule has 0 saturated carbocycles. The van der Waals surface area contributed by atoms with E-state index in [1.807, 2.05) is 12.1 Å². The van der Waals surface area contributed by atoms with Gasteiger partial charge in [-0.1, -0.05) is 78.9 Å². The van der Waals surface area contributed by atoms with E-state index in [4.69, 9.17) is 0 Å². The average Bonchev–Trinajstić information content (AvgIpc) is 3.24. The molecule has 0 spiro atoms. The minimum atomic E-state index is 0.972. The lowest BCUT2D eigenvalue weighted by atomic mass is 9.95. The van der Waals surface area contributed by atoms with Crippen LogP contribution in [0.15, 0.2) is 121 Å². The molecule has 1 aliphatic rings. The maximum absolute atomic E-state index is 3.59. The first-order valence-electron chi connectivity index (χ1n) is 11.3. The van der Waals surface area contributed by atoms with Crippen LogP contribution in [-0.2, 0) is 6.42 Å². The monoisotopic (exact) mass is 424 g/mol. The zero-order chi connectivity index (χ0) is 22.0. The maximum atomic E-state index is 3.59. The van der Waals surface area contributed by atoms with E-state index in [0.29, 0.717) is 0 Å². The number of rotatable bonds is 5. The third kappa shape index (κ3) is 3.88. The minimum absolute atomic E-state index is 0.972. The van der Waals surface area contributed by atoms with Crippen LogP contribution >= 0.6 is 0 Å². The molecule has 0 atom stereocenters. The molecule has 0 unspecified atom stereocenters. The molecule has 2 heteroatoms. The number of hydrogen-bond donors (Lipinski definition) is 2. The second-order valence-corrected chi connectivity index (χ2v) is 8.45. The van der Waals surface area contributed by atoms with Gasteiger partial charge in [-0.2, -0.15) is 0 Å². The first kappa shape index (κ1) is 19.4. The third-order valence-electron chi connectivity index (χ3n) is 6.22. The molecule has 6 rings (SSSR count). The Labute approximate surface area is 194 Å². The summed E-state index contributed by atoms with van der Waals surface area (Å²) in [6.07, 6.45) is 0.972. The Hall–Kier alpha value is -4.30. The first-order valence-corrected chi connectivity index (χ1v) is 11.3. The van der Waals surface area contributed by atoms with Gasteiger partial charge in [-0.15, -0.1) is 0 Å². The SMILES string of the molecule is c1ccc(Nc2cc(Nc3ccccc3)cc(-c3cccc4c3Cc3ccccc3-4)c2)cc1. The summed E-state index contributed by atoms with van der Waals surface area (Å²) in [5.41, 5.74) is 12.3. The van der Waals surface area contributed by atoms with Crippen molar-refractivity contribution in [3.63, 3.8) is 0 Å². The summed E-state index contributed by atoms with van der Waals surface area (Å²) in [4.78, 5) is 0. The van der Waals surface area contributed by atoms with E-state index in [9.17, 15) is 0 Å². The number of nitrogens with one attached hydrogen (secondary N) is 2. The molecule has 2 N–H and O–H groups in total. The van der Waals surface area contributed by atoms with E-state index >= 15 is 0 Å². The van der Waals surface area contributed by atoms with Crippen LogP contribution in [0.1, 0.15) is 11.1 Å². The predicted octanol–water partition coefficient (Wildman–Crippen LogP) is 8.41. The van der Waals surface area contributed by atoms with Crippen molar-refractivity contribution in [2.75, 3.05) is 10.6 Å². The molecule has 5 aromatic rings. The highest BCUT2D eigenvalue weighted by Crippen LogP contribution is 2.42. The summed E-state index contributed by atoms with van der Waals surface area (Å²) in [5, 5.41) is 7.17. The van der Waals surface area contributed by atoms with Crippen molar-refractivity contribution in [2.45, 2.75) is 6.42 Å². The lowest BCUT2D eigenvalue weighted by Crippen LogP contribution is -1.96. The molecule has 0 saturated heterocycles. The van der Waals surface area contributed by atoms with Crippen LogP contribution < -0.4 is 10.6 Å². The van der Waals surface area contributed by atoms with E-state index in [1.165, 1.54) is 33.4 Å². The summed E-state index contributed by atoms with van der Waals surface area (Å²) in [5.74, 6) is 0. The molecule has 0 aromatic heterocycles. The van der Waals surface area contributed by atoms with Gasteiger partial charge in [0.2, 0.25) is 0 Å². The van der Waals surface area contributed by atoms with Gasteiger partial charge in [-0.05, 0) is 82.3 Å². The Morgan fingerprint density at radius 1 is 0.424 bits per heavy atom. The summed E-state index contributed by atoms with van der Waals surface area (Å²) < 4.78 is 0. The Morgan fingerprint density at radius 2 is 0.970 bits per heavy atom. The average molecular weight is 425 g/mol. The van der Waals surface area contributed by atoms with Gasteiger partial charge in [0.1, 0.15) is 0 Å². The standard InChI is InChI=1S/C31H24N2/c1-3-11-24(12-4-1)32-26-18-23(19-27(21-26)33-25-13-5-2-6-14-25)29-16-9-17-30-28-15-8-7-10-22(28)20-31(29)30/h1-19,21,32-33H,20H2. The lowest BCUT2D eigenvalue weighted by Gasteiger charge is -2.16. The molecule has 1 aliphatic carbocycles. The van der Waals surface area contributed by atoms with Crippen LogP contribution in [0.25, 0.3) is 22.3 Å². The van der Waals surface area contributed by atoms with Crippen molar-refractivity contribution in [3.8, 4) is 22.3 Å². The second-order valence-electron chi connectivity index (χ2n) is 8.45. The molecule has 33 heavy (non-hydrogen) atoms. The van der Waals surface area contributed by atoms with Crippen LogP contribution in [0, 0.1) is 0 Å². The van der Waals surface area contributed by atoms with Crippen molar-refractivity contribution in [1.29, 1.82) is 0 Å². The highest BCUT2D eigenvalue weighted by atomic mass is 14.9. The Morgan fingerprint density at radius 3 is 1.64 bits per heavy atom. The summed E-state index contributed by atoms with van der Waals surface area (Å²) in [6.45, 7) is 0. The van der Waals surface area contributed by atoms with Crippen LogP contribution in [0.2, 0.25) is 0 Å². The van der Waals surface area contributed by atoms with Crippen LogP contribution in [-0.4, -0.2) is 0 Å². The van der Waals surface area contributed by atoms with E-state index in [1.54, 1.807) is 0 Å². The number of anilines is 4. The summed E-state index contributed by atoms with van der Waals surface area (Å²) in [7, 11) is 0. The molecule has 0 heterocycles. The molecule has 0 radical (unpaired) electrons. The van der Waals surface area contributed by atoms with Crippen LogP contribution in [0.5, 0.6) is 0 Å².